The molecule has 0 amide bonds. The van der Waals surface area contributed by atoms with E-state index < -0.39 is 6.10 Å². The molecule has 0 saturated carbocycles. The molecule has 1 N–H and O–H groups in total. The maximum absolute atomic E-state index is 9.82. The van der Waals surface area contributed by atoms with E-state index in [2.05, 4.69) is 19.0 Å². The summed E-state index contributed by atoms with van der Waals surface area (Å²) in [6.07, 6.45) is 0.299. The number of rotatable bonds is 6. The van der Waals surface area contributed by atoms with Gasteiger partial charge in [-0.2, -0.15) is 0 Å². The maximum Gasteiger partial charge on any atom is 0.147 e. The second kappa shape index (κ2) is 7.07. The minimum absolute atomic E-state index is 0.194. The van der Waals surface area contributed by atoms with Crippen LogP contribution in [-0.4, -0.2) is 17.4 Å². The first-order valence-corrected chi connectivity index (χ1v) is 5.98. The summed E-state index contributed by atoms with van der Waals surface area (Å²) in [7, 11) is 0. The smallest absolute Gasteiger partial charge is 0.147 e. The Morgan fingerprint density at radius 1 is 1.29 bits per heavy atom. The first-order valence-electron chi connectivity index (χ1n) is 5.98. The van der Waals surface area contributed by atoms with Gasteiger partial charge in [0.05, 0.1) is 5.71 Å². The van der Waals surface area contributed by atoms with E-state index >= 15 is 0 Å². The number of benzene rings is 1. The van der Waals surface area contributed by atoms with Crippen LogP contribution in [0, 0.1) is 5.92 Å². The molecule has 94 valence electrons. The molecule has 17 heavy (non-hydrogen) atoms. The SMILES string of the molecule is C/C(CC(C)C)=N\OC[C@H](O)c1ccccc1. The van der Waals surface area contributed by atoms with Crippen molar-refractivity contribution in [2.45, 2.75) is 33.3 Å². The Bertz CT molecular complexity index is 346. The van der Waals surface area contributed by atoms with Crippen molar-refractivity contribution in [3.8, 4) is 0 Å². The van der Waals surface area contributed by atoms with Crippen molar-refractivity contribution in [3.05, 3.63) is 35.9 Å². The highest BCUT2D eigenvalue weighted by Crippen LogP contribution is 2.12. The van der Waals surface area contributed by atoms with Crippen molar-refractivity contribution >= 4 is 5.71 Å². The summed E-state index contributed by atoms with van der Waals surface area (Å²) in [5, 5.41) is 13.8. The Kier molecular flexibility index (Phi) is 5.70. The number of hydrogen-bond donors (Lipinski definition) is 1. The van der Waals surface area contributed by atoms with Crippen LogP contribution in [-0.2, 0) is 4.84 Å². The molecule has 1 aromatic rings. The van der Waals surface area contributed by atoms with Crippen LogP contribution in [0.2, 0.25) is 0 Å². The van der Waals surface area contributed by atoms with Crippen molar-refractivity contribution in [2.75, 3.05) is 6.61 Å². The fraction of sp³-hybridized carbons (Fsp3) is 0.500. The van der Waals surface area contributed by atoms with E-state index in [9.17, 15) is 5.11 Å². The third kappa shape index (κ3) is 5.50. The van der Waals surface area contributed by atoms with Crippen LogP contribution in [0.1, 0.15) is 38.9 Å². The van der Waals surface area contributed by atoms with Crippen LogP contribution < -0.4 is 0 Å². The largest absolute Gasteiger partial charge is 0.393 e. The van der Waals surface area contributed by atoms with E-state index in [0.29, 0.717) is 5.92 Å². The van der Waals surface area contributed by atoms with Gasteiger partial charge >= 0.3 is 0 Å². The first kappa shape index (κ1) is 13.7. The van der Waals surface area contributed by atoms with E-state index in [1.807, 2.05) is 37.3 Å². The summed E-state index contributed by atoms with van der Waals surface area (Å²) in [6.45, 7) is 6.41. The van der Waals surface area contributed by atoms with E-state index in [0.717, 1.165) is 17.7 Å². The van der Waals surface area contributed by atoms with Crippen LogP contribution >= 0.6 is 0 Å². The monoisotopic (exact) mass is 235 g/mol. The summed E-state index contributed by atoms with van der Waals surface area (Å²) in [5.41, 5.74) is 1.81. The summed E-state index contributed by atoms with van der Waals surface area (Å²) in [5.74, 6) is 0.571. The highest BCUT2D eigenvalue weighted by molar-refractivity contribution is 5.81. The molecule has 0 unspecified atom stereocenters. The van der Waals surface area contributed by atoms with Gasteiger partial charge in [0.2, 0.25) is 0 Å². The zero-order valence-corrected chi connectivity index (χ0v) is 10.8. The van der Waals surface area contributed by atoms with Crippen LogP contribution in [0.25, 0.3) is 0 Å². The molecule has 0 aliphatic heterocycles. The predicted molar refractivity (Wildman–Crippen MR) is 69.9 cm³/mol. The maximum atomic E-state index is 9.82. The zero-order valence-electron chi connectivity index (χ0n) is 10.8. The summed E-state index contributed by atoms with van der Waals surface area (Å²) < 4.78 is 0. The van der Waals surface area contributed by atoms with E-state index in [4.69, 9.17) is 4.84 Å². The van der Waals surface area contributed by atoms with Gasteiger partial charge in [-0.15, -0.1) is 0 Å². The highest BCUT2D eigenvalue weighted by Gasteiger charge is 2.07. The second-order valence-electron chi connectivity index (χ2n) is 4.65. The number of aliphatic hydroxyl groups excluding tert-OH is 1. The minimum atomic E-state index is -0.619. The number of hydrogen-bond acceptors (Lipinski definition) is 3. The molecule has 0 radical (unpaired) electrons. The fourth-order valence-electron chi connectivity index (χ4n) is 1.62. The highest BCUT2D eigenvalue weighted by atomic mass is 16.6. The lowest BCUT2D eigenvalue weighted by Crippen LogP contribution is -2.06. The quantitative estimate of drug-likeness (QED) is 0.608. The van der Waals surface area contributed by atoms with E-state index in [1.54, 1.807) is 0 Å². The summed E-state index contributed by atoms with van der Waals surface area (Å²) >= 11 is 0. The minimum Gasteiger partial charge on any atom is -0.393 e. The summed E-state index contributed by atoms with van der Waals surface area (Å²) in [6, 6.07) is 9.46. The first-order chi connectivity index (χ1) is 8.09. The van der Waals surface area contributed by atoms with Crippen LogP contribution in [0.15, 0.2) is 35.5 Å². The standard InChI is InChI=1S/C14H21NO2/c1-11(2)9-12(3)15-17-10-14(16)13-7-5-4-6-8-13/h4-8,11,14,16H,9-10H2,1-3H3/b15-12+/t14-/m0/s1. The molecule has 1 atom stereocenters. The molecule has 0 aliphatic rings. The van der Waals surface area contributed by atoms with Crippen molar-refractivity contribution in [3.63, 3.8) is 0 Å². The Balaban J connectivity index is 2.36. The number of aliphatic hydroxyl groups is 1. The van der Waals surface area contributed by atoms with Gasteiger partial charge in [0, 0.05) is 0 Å². The Labute approximate surface area is 103 Å². The molecular weight excluding hydrogens is 214 g/mol. The lowest BCUT2D eigenvalue weighted by molar-refractivity contribution is 0.0390. The average molecular weight is 235 g/mol. The van der Waals surface area contributed by atoms with Gasteiger partial charge in [0.15, 0.2) is 0 Å². The van der Waals surface area contributed by atoms with Gasteiger partial charge in [-0.25, -0.2) is 0 Å². The predicted octanol–water partition coefficient (Wildman–Crippen LogP) is 3.16. The number of oxime groups is 1. The summed E-state index contributed by atoms with van der Waals surface area (Å²) in [4.78, 5) is 5.15. The van der Waals surface area contributed by atoms with Gasteiger partial charge in [-0.3, -0.25) is 0 Å². The van der Waals surface area contributed by atoms with E-state index in [1.165, 1.54) is 0 Å². The molecule has 0 heterocycles. The normalized spacial score (nSPS) is 13.8. The third-order valence-corrected chi connectivity index (χ3v) is 2.34. The Morgan fingerprint density at radius 3 is 2.53 bits per heavy atom. The lowest BCUT2D eigenvalue weighted by atomic mass is 10.1. The van der Waals surface area contributed by atoms with Gasteiger partial charge < -0.3 is 9.94 Å². The lowest BCUT2D eigenvalue weighted by Gasteiger charge is -2.10. The van der Waals surface area contributed by atoms with Crippen LogP contribution in [0.5, 0.6) is 0 Å². The molecule has 0 fully saturated rings. The van der Waals surface area contributed by atoms with Gasteiger partial charge in [0.25, 0.3) is 0 Å². The van der Waals surface area contributed by atoms with Gasteiger partial charge in [-0.05, 0) is 24.8 Å². The van der Waals surface area contributed by atoms with Gasteiger partial charge in [-0.1, -0.05) is 49.3 Å². The van der Waals surface area contributed by atoms with Crippen LogP contribution in [0.4, 0.5) is 0 Å². The zero-order chi connectivity index (χ0) is 12.7. The van der Waals surface area contributed by atoms with Crippen molar-refractivity contribution in [1.29, 1.82) is 0 Å². The second-order valence-corrected chi connectivity index (χ2v) is 4.65. The molecule has 1 aromatic carbocycles. The molecule has 3 heteroatoms. The molecule has 0 spiro atoms. The molecule has 3 nitrogen and oxygen atoms in total. The molecule has 0 aliphatic carbocycles. The molecule has 0 saturated heterocycles. The molecule has 0 aromatic heterocycles. The van der Waals surface area contributed by atoms with Crippen molar-refractivity contribution in [2.24, 2.45) is 11.1 Å². The molecular formula is C14H21NO2. The van der Waals surface area contributed by atoms with Gasteiger partial charge in [0.1, 0.15) is 12.7 Å². The van der Waals surface area contributed by atoms with E-state index in [-0.39, 0.29) is 6.61 Å². The van der Waals surface area contributed by atoms with Crippen LogP contribution in [0.3, 0.4) is 0 Å². The topological polar surface area (TPSA) is 41.8 Å². The average Bonchev–Trinajstić information content (AvgIpc) is 2.29. The third-order valence-electron chi connectivity index (χ3n) is 2.34. The molecule has 0 bridgehead atoms. The van der Waals surface area contributed by atoms with Crippen molar-refractivity contribution < 1.29 is 9.94 Å². The fourth-order valence-corrected chi connectivity index (χ4v) is 1.62. The Morgan fingerprint density at radius 2 is 1.94 bits per heavy atom. The molecule has 1 rings (SSSR count). The number of nitrogens with zero attached hydrogens (tertiary/aromatic N) is 1. The Hall–Kier alpha value is -1.35. The van der Waals surface area contributed by atoms with Crippen molar-refractivity contribution in [1.82, 2.24) is 0 Å².